The van der Waals surface area contributed by atoms with Crippen molar-refractivity contribution in [1.29, 1.82) is 0 Å². The smallest absolute Gasteiger partial charge is 0.224 e. The molecule has 0 bridgehead atoms. The third-order valence-corrected chi connectivity index (χ3v) is 5.16. The molecule has 4 rings (SSSR count). The van der Waals surface area contributed by atoms with Crippen molar-refractivity contribution >= 4 is 35.6 Å². The molecule has 7 nitrogen and oxygen atoms in total. The summed E-state index contributed by atoms with van der Waals surface area (Å²) in [4.78, 5) is 12.2. The number of tetrazole rings is 1. The highest BCUT2D eigenvalue weighted by Gasteiger charge is 2.30. The van der Waals surface area contributed by atoms with Gasteiger partial charge in [0, 0.05) is 18.0 Å². The zero-order valence-electron chi connectivity index (χ0n) is 14.3. The lowest BCUT2D eigenvalue weighted by Crippen LogP contribution is -2.15. The van der Waals surface area contributed by atoms with Crippen LogP contribution >= 0.6 is 24.0 Å². The molecule has 1 unspecified atom stereocenters. The minimum absolute atomic E-state index is 0. The van der Waals surface area contributed by atoms with Gasteiger partial charge in [0.15, 0.2) is 5.82 Å². The molecule has 2 N–H and O–H groups in total. The second-order valence-electron chi connectivity index (χ2n) is 6.84. The van der Waals surface area contributed by atoms with Crippen LogP contribution in [0.4, 0.5) is 5.69 Å². The van der Waals surface area contributed by atoms with E-state index in [0.29, 0.717) is 34.7 Å². The molecule has 1 aliphatic heterocycles. The van der Waals surface area contributed by atoms with E-state index in [1.807, 2.05) is 12.1 Å². The first-order valence-electron chi connectivity index (χ1n) is 8.79. The van der Waals surface area contributed by atoms with Crippen molar-refractivity contribution in [2.45, 2.75) is 38.0 Å². The van der Waals surface area contributed by atoms with Gasteiger partial charge in [0.25, 0.3) is 0 Å². The Labute approximate surface area is 163 Å². The molecule has 0 spiro atoms. The maximum absolute atomic E-state index is 12.2. The summed E-state index contributed by atoms with van der Waals surface area (Å²) in [5.41, 5.74) is 1.41. The number of carbonyl (C=O) groups excluding carboxylic acids is 1. The van der Waals surface area contributed by atoms with E-state index in [1.54, 1.807) is 10.7 Å². The molecular weight excluding hydrogens is 375 g/mol. The number of carbonyl (C=O) groups is 1. The number of nitrogens with one attached hydrogen (secondary N) is 2. The molecule has 1 saturated carbocycles. The average Bonchev–Trinajstić information content (AvgIpc) is 3.11. The number of hydrogen-bond acceptors (Lipinski definition) is 5. The van der Waals surface area contributed by atoms with Crippen LogP contribution in [0.25, 0.3) is 5.69 Å². The Morgan fingerprint density at radius 3 is 2.92 bits per heavy atom. The van der Waals surface area contributed by atoms with Crippen LogP contribution in [0, 0.1) is 5.92 Å². The molecule has 1 aromatic carbocycles. The molecule has 9 heteroatoms. The highest BCUT2D eigenvalue weighted by molar-refractivity contribution is 6.32. The quantitative estimate of drug-likeness (QED) is 0.783. The van der Waals surface area contributed by atoms with Crippen LogP contribution in [-0.4, -0.2) is 39.2 Å². The number of amides is 1. The van der Waals surface area contributed by atoms with E-state index in [9.17, 15) is 4.79 Å². The summed E-state index contributed by atoms with van der Waals surface area (Å²) in [7, 11) is 0. The lowest BCUT2D eigenvalue weighted by Gasteiger charge is -2.11. The molecule has 2 aromatic rings. The predicted molar refractivity (Wildman–Crippen MR) is 102 cm³/mol. The van der Waals surface area contributed by atoms with E-state index in [2.05, 4.69) is 26.2 Å². The van der Waals surface area contributed by atoms with Crippen LogP contribution in [0.5, 0.6) is 0 Å². The van der Waals surface area contributed by atoms with Gasteiger partial charge in [-0.3, -0.25) is 4.79 Å². The summed E-state index contributed by atoms with van der Waals surface area (Å²) in [6, 6.07) is 5.41. The summed E-state index contributed by atoms with van der Waals surface area (Å²) in [5, 5.41) is 18.8. The minimum atomic E-state index is 0. The third-order valence-electron chi connectivity index (χ3n) is 4.84. The molecule has 1 amide bonds. The summed E-state index contributed by atoms with van der Waals surface area (Å²) in [6.45, 7) is 2.07. The second-order valence-corrected chi connectivity index (χ2v) is 7.24. The van der Waals surface area contributed by atoms with E-state index in [-0.39, 0.29) is 18.3 Å². The first kappa shape index (κ1) is 19.1. The highest BCUT2D eigenvalue weighted by atomic mass is 35.5. The molecule has 2 aliphatic rings. The van der Waals surface area contributed by atoms with Crippen LogP contribution in [0.15, 0.2) is 18.2 Å². The van der Waals surface area contributed by atoms with Gasteiger partial charge >= 0.3 is 0 Å². The molecule has 1 aromatic heterocycles. The summed E-state index contributed by atoms with van der Waals surface area (Å²) >= 11 is 6.33. The standard InChI is InChI=1S/C17H21ClN6O.ClH/c18-14-5-4-13(20-16(25)6-1-11-7-8-19-10-11)9-15(14)24-17(12-2-3-12)21-22-23-24;/h4-5,9,11-12,19H,1-3,6-8,10H2,(H,20,25);1H. The SMILES string of the molecule is Cl.O=C(CCC1CCNC1)Nc1ccc(Cl)c(-n2nnnc2C2CC2)c1. The van der Waals surface area contributed by atoms with E-state index in [0.717, 1.165) is 44.6 Å². The van der Waals surface area contributed by atoms with Gasteiger partial charge in [-0.1, -0.05) is 11.6 Å². The Kier molecular flexibility index (Phi) is 6.11. The van der Waals surface area contributed by atoms with E-state index < -0.39 is 0 Å². The normalized spacial score (nSPS) is 19.2. The fourth-order valence-electron chi connectivity index (χ4n) is 3.23. The van der Waals surface area contributed by atoms with Gasteiger partial charge in [-0.05, 0) is 73.3 Å². The number of nitrogens with zero attached hydrogens (tertiary/aromatic N) is 4. The second kappa shape index (κ2) is 8.33. The minimum Gasteiger partial charge on any atom is -0.326 e. The first-order valence-corrected chi connectivity index (χ1v) is 9.17. The molecular formula is C17H22Cl2N6O. The fourth-order valence-corrected chi connectivity index (χ4v) is 3.43. The summed E-state index contributed by atoms with van der Waals surface area (Å²) in [5.74, 6) is 1.87. The van der Waals surface area contributed by atoms with Crippen LogP contribution in [0.1, 0.15) is 43.8 Å². The zero-order chi connectivity index (χ0) is 17.2. The van der Waals surface area contributed by atoms with E-state index in [1.165, 1.54) is 0 Å². The topological polar surface area (TPSA) is 84.7 Å². The van der Waals surface area contributed by atoms with Gasteiger partial charge in [0.1, 0.15) is 0 Å². The average molecular weight is 397 g/mol. The Balaban J connectivity index is 0.00000196. The lowest BCUT2D eigenvalue weighted by molar-refractivity contribution is -0.116. The van der Waals surface area contributed by atoms with Gasteiger partial charge in [-0.25, -0.2) is 0 Å². The Hall–Kier alpha value is -1.70. The van der Waals surface area contributed by atoms with Crippen molar-refractivity contribution in [2.24, 2.45) is 5.92 Å². The highest BCUT2D eigenvalue weighted by Crippen LogP contribution is 2.40. The Bertz CT molecular complexity index is 770. The molecule has 1 saturated heterocycles. The van der Waals surface area contributed by atoms with Crippen molar-refractivity contribution in [3.05, 3.63) is 29.0 Å². The van der Waals surface area contributed by atoms with Crippen LogP contribution in [-0.2, 0) is 4.79 Å². The number of halogens is 2. The van der Waals surface area contributed by atoms with Crippen molar-refractivity contribution in [2.75, 3.05) is 18.4 Å². The van der Waals surface area contributed by atoms with Crippen LogP contribution in [0.2, 0.25) is 5.02 Å². The maximum atomic E-state index is 12.2. The molecule has 2 fully saturated rings. The number of anilines is 1. The third kappa shape index (κ3) is 4.34. The molecule has 26 heavy (non-hydrogen) atoms. The van der Waals surface area contributed by atoms with Gasteiger partial charge in [0.05, 0.1) is 10.7 Å². The molecule has 140 valence electrons. The number of hydrogen-bond donors (Lipinski definition) is 2. The van der Waals surface area contributed by atoms with Crippen molar-refractivity contribution in [1.82, 2.24) is 25.5 Å². The van der Waals surface area contributed by atoms with Gasteiger partial charge in [-0.2, -0.15) is 4.68 Å². The van der Waals surface area contributed by atoms with Crippen LogP contribution in [0.3, 0.4) is 0 Å². The van der Waals surface area contributed by atoms with Crippen LogP contribution < -0.4 is 10.6 Å². The lowest BCUT2D eigenvalue weighted by atomic mass is 10.0. The van der Waals surface area contributed by atoms with E-state index >= 15 is 0 Å². The van der Waals surface area contributed by atoms with Crippen molar-refractivity contribution in [3.63, 3.8) is 0 Å². The monoisotopic (exact) mass is 396 g/mol. The van der Waals surface area contributed by atoms with Gasteiger partial charge in [0.2, 0.25) is 5.91 Å². The number of aromatic nitrogens is 4. The summed E-state index contributed by atoms with van der Waals surface area (Å²) in [6.07, 6.45) is 4.80. The fraction of sp³-hybridized carbons (Fsp3) is 0.529. The maximum Gasteiger partial charge on any atom is 0.224 e. The zero-order valence-corrected chi connectivity index (χ0v) is 15.9. The first-order chi connectivity index (χ1) is 12.2. The number of benzene rings is 1. The molecule has 2 heterocycles. The molecule has 1 aliphatic carbocycles. The summed E-state index contributed by atoms with van der Waals surface area (Å²) < 4.78 is 1.68. The Morgan fingerprint density at radius 2 is 2.19 bits per heavy atom. The van der Waals surface area contributed by atoms with E-state index in [4.69, 9.17) is 11.6 Å². The largest absolute Gasteiger partial charge is 0.326 e. The predicted octanol–water partition coefficient (Wildman–Crippen LogP) is 2.94. The van der Waals surface area contributed by atoms with Crippen molar-refractivity contribution in [3.8, 4) is 5.69 Å². The van der Waals surface area contributed by atoms with Gasteiger partial charge in [-0.15, -0.1) is 17.5 Å². The molecule has 0 radical (unpaired) electrons. The van der Waals surface area contributed by atoms with Gasteiger partial charge < -0.3 is 10.6 Å². The van der Waals surface area contributed by atoms with Crippen molar-refractivity contribution < 1.29 is 4.79 Å². The number of rotatable bonds is 6. The molecule has 1 atom stereocenters. The Morgan fingerprint density at radius 1 is 1.35 bits per heavy atom.